The largest absolute Gasteiger partial charge is 0.497 e. The van der Waals surface area contributed by atoms with E-state index in [4.69, 9.17) is 24.3 Å². The van der Waals surface area contributed by atoms with Crippen LogP contribution in [0.25, 0.3) is 10.8 Å². The number of methoxy groups -OCH3 is 2. The van der Waals surface area contributed by atoms with Gasteiger partial charge in [0.15, 0.2) is 5.82 Å². The number of nitrogens with one attached hydrogen (secondary N) is 2. The van der Waals surface area contributed by atoms with Crippen molar-refractivity contribution in [3.63, 3.8) is 0 Å². The Bertz CT molecular complexity index is 2110. The highest BCUT2D eigenvalue weighted by atomic mass is 16.5. The highest BCUT2D eigenvalue weighted by Crippen LogP contribution is 2.60. The minimum Gasteiger partial charge on any atom is -0.497 e. The predicted octanol–water partition coefficient (Wildman–Crippen LogP) is 6.07. The Hall–Kier alpha value is -5.32. The molecule has 2 aliphatic heterocycles. The van der Waals surface area contributed by atoms with Crippen molar-refractivity contribution < 1.29 is 14.2 Å². The monoisotopic (exact) mass is 673 g/mol. The summed E-state index contributed by atoms with van der Waals surface area (Å²) in [5.41, 5.74) is 3.77. The van der Waals surface area contributed by atoms with Crippen LogP contribution in [0.3, 0.4) is 0 Å². The Kier molecular flexibility index (Phi) is 8.00. The Morgan fingerprint density at radius 3 is 2.52 bits per heavy atom. The molecule has 0 unspecified atom stereocenters. The number of aromatic nitrogens is 4. The van der Waals surface area contributed by atoms with Crippen molar-refractivity contribution in [3.05, 3.63) is 100 Å². The Morgan fingerprint density at radius 1 is 0.920 bits per heavy atom. The lowest BCUT2D eigenvalue weighted by Gasteiger charge is -2.48. The molecule has 4 fully saturated rings. The number of nitrogens with zero attached hydrogens (tertiary/aromatic N) is 5. The fourth-order valence-electron chi connectivity index (χ4n) is 7.91. The number of rotatable bonds is 13. The van der Waals surface area contributed by atoms with Crippen LogP contribution >= 0.6 is 0 Å². The molecule has 11 nitrogen and oxygen atoms in total. The molecule has 258 valence electrons. The topological polar surface area (TPSA) is 116 Å². The van der Waals surface area contributed by atoms with Crippen LogP contribution in [0.15, 0.2) is 77.7 Å². The number of hydrogen-bond acceptors (Lipinski definition) is 10. The first-order chi connectivity index (χ1) is 24.3. The standard InChI is InChI=1S/C39H43N7O4/c1-25-16-29(18-36(47)45(25)2)50-24-38-20-39(21-38,46(23-38)35-13-12-32(43-44-35)26-8-9-26)22-42-33-7-5-6-31-30(33)14-15-40-37(31)41-19-27-10-11-28(48-3)17-34(27)49-4/h5-7,10-18,26,42H,8-9,19-24H2,1-4H3,(H,40,41). The molecule has 50 heavy (non-hydrogen) atoms. The summed E-state index contributed by atoms with van der Waals surface area (Å²) in [7, 11) is 5.09. The van der Waals surface area contributed by atoms with E-state index < -0.39 is 0 Å². The average Bonchev–Trinajstić information content (AvgIpc) is 3.87. The first-order valence-corrected chi connectivity index (χ1v) is 17.3. The fraction of sp³-hybridized carbons (Fsp3) is 0.385. The van der Waals surface area contributed by atoms with E-state index in [1.54, 1.807) is 31.9 Å². The van der Waals surface area contributed by atoms with E-state index in [1.165, 1.54) is 12.8 Å². The van der Waals surface area contributed by atoms with E-state index in [9.17, 15) is 4.79 Å². The molecule has 2 bridgehead atoms. The Balaban J connectivity index is 1.02. The number of anilines is 3. The van der Waals surface area contributed by atoms with E-state index >= 15 is 0 Å². The van der Waals surface area contributed by atoms with Gasteiger partial charge in [-0.15, -0.1) is 5.10 Å². The molecule has 0 radical (unpaired) electrons. The zero-order valence-electron chi connectivity index (χ0n) is 29.0. The molecule has 2 N–H and O–H groups in total. The highest BCUT2D eigenvalue weighted by molar-refractivity contribution is 6.00. The lowest BCUT2D eigenvalue weighted by molar-refractivity contribution is 0.0625. The second-order valence-corrected chi connectivity index (χ2v) is 14.2. The summed E-state index contributed by atoms with van der Waals surface area (Å²) in [6.45, 7) is 4.57. The summed E-state index contributed by atoms with van der Waals surface area (Å²) < 4.78 is 18.9. The first-order valence-electron chi connectivity index (χ1n) is 17.3. The number of pyridine rings is 2. The van der Waals surface area contributed by atoms with Crippen LogP contribution in [0.2, 0.25) is 0 Å². The van der Waals surface area contributed by atoms with Crippen molar-refractivity contribution in [3.8, 4) is 17.2 Å². The molecule has 11 heteroatoms. The van der Waals surface area contributed by atoms with Gasteiger partial charge in [0.2, 0.25) is 0 Å². The van der Waals surface area contributed by atoms with Gasteiger partial charge in [-0.1, -0.05) is 12.1 Å². The summed E-state index contributed by atoms with van der Waals surface area (Å²) in [5.74, 6) is 4.41. The van der Waals surface area contributed by atoms with E-state index in [0.29, 0.717) is 24.8 Å². The van der Waals surface area contributed by atoms with Crippen LogP contribution in [0, 0.1) is 12.3 Å². The quantitative estimate of drug-likeness (QED) is 0.153. The lowest BCUT2D eigenvalue weighted by atomic mass is 9.62. The number of aryl methyl sites for hydroxylation is 1. The third-order valence-electron chi connectivity index (χ3n) is 10.8. The molecular formula is C39H43N7O4. The van der Waals surface area contributed by atoms with Crippen molar-refractivity contribution >= 4 is 28.1 Å². The number of fused-ring (bicyclic) bond motifs is 2. The highest BCUT2D eigenvalue weighted by Gasteiger charge is 2.66. The fourth-order valence-corrected chi connectivity index (χ4v) is 7.91. The summed E-state index contributed by atoms with van der Waals surface area (Å²) in [5, 5.41) is 18.9. The third kappa shape index (κ3) is 5.84. The molecule has 2 saturated heterocycles. The molecule has 3 aromatic heterocycles. The third-order valence-corrected chi connectivity index (χ3v) is 10.8. The summed E-state index contributed by atoms with van der Waals surface area (Å²) >= 11 is 0. The maximum Gasteiger partial charge on any atom is 0.254 e. The Morgan fingerprint density at radius 2 is 1.78 bits per heavy atom. The molecule has 5 aromatic rings. The van der Waals surface area contributed by atoms with Crippen LogP contribution < -0.4 is 35.3 Å². The van der Waals surface area contributed by atoms with E-state index in [1.807, 2.05) is 37.4 Å². The first kappa shape index (κ1) is 31.9. The smallest absolute Gasteiger partial charge is 0.254 e. The number of benzene rings is 2. The molecular weight excluding hydrogens is 630 g/mol. The number of ether oxygens (including phenoxy) is 3. The van der Waals surface area contributed by atoms with E-state index in [-0.39, 0.29) is 16.5 Å². The van der Waals surface area contributed by atoms with Crippen molar-refractivity contribution in [2.45, 2.75) is 50.6 Å². The maximum absolute atomic E-state index is 12.4. The van der Waals surface area contributed by atoms with Gasteiger partial charge in [-0.25, -0.2) is 4.98 Å². The summed E-state index contributed by atoms with van der Waals surface area (Å²) in [6, 6.07) is 22.0. The van der Waals surface area contributed by atoms with Crippen LogP contribution in [-0.4, -0.2) is 59.2 Å². The molecule has 9 rings (SSSR count). The molecule has 4 aliphatic rings. The second-order valence-electron chi connectivity index (χ2n) is 14.2. The van der Waals surface area contributed by atoms with Crippen molar-refractivity contribution in [2.75, 3.05) is 49.4 Å². The van der Waals surface area contributed by atoms with E-state index in [0.717, 1.165) is 82.5 Å². The molecule has 0 spiro atoms. The van der Waals surface area contributed by atoms with Gasteiger partial charge in [0.1, 0.15) is 23.1 Å². The normalized spacial score (nSPS) is 20.8. The minimum atomic E-state index is -0.150. The van der Waals surface area contributed by atoms with Crippen molar-refractivity contribution in [2.24, 2.45) is 12.5 Å². The molecule has 0 amide bonds. The van der Waals surface area contributed by atoms with Crippen LogP contribution in [0.4, 0.5) is 17.3 Å². The summed E-state index contributed by atoms with van der Waals surface area (Å²) in [4.78, 5) is 19.6. The zero-order valence-corrected chi connectivity index (χ0v) is 29.0. The van der Waals surface area contributed by atoms with Gasteiger partial charge in [0, 0.05) is 84.1 Å². The maximum atomic E-state index is 12.4. The van der Waals surface area contributed by atoms with Crippen molar-refractivity contribution in [1.82, 2.24) is 19.7 Å². The predicted molar refractivity (Wildman–Crippen MR) is 195 cm³/mol. The van der Waals surface area contributed by atoms with Crippen LogP contribution in [0.5, 0.6) is 17.2 Å². The van der Waals surface area contributed by atoms with Crippen molar-refractivity contribution in [1.29, 1.82) is 0 Å². The molecule has 5 heterocycles. The SMILES string of the molecule is COc1ccc(CNc2nccc3c(NCC45CC(COc6cc(C)n(C)c(=O)c6)(CN4c4ccc(C6CC6)nn4)C5)cccc23)c(OC)c1. The van der Waals surface area contributed by atoms with Gasteiger partial charge < -0.3 is 34.3 Å². The molecule has 0 atom stereocenters. The second kappa shape index (κ2) is 12.5. The summed E-state index contributed by atoms with van der Waals surface area (Å²) in [6.07, 6.45) is 6.14. The van der Waals surface area contributed by atoms with Gasteiger partial charge >= 0.3 is 0 Å². The molecule has 2 saturated carbocycles. The Labute approximate surface area is 291 Å². The van der Waals surface area contributed by atoms with Crippen LogP contribution in [-0.2, 0) is 13.6 Å². The van der Waals surface area contributed by atoms with Crippen LogP contribution in [0.1, 0.15) is 48.6 Å². The van der Waals surface area contributed by atoms with E-state index in [2.05, 4.69) is 57.0 Å². The minimum absolute atomic E-state index is 0.0458. The number of hydrogen-bond donors (Lipinski definition) is 2. The average molecular weight is 674 g/mol. The lowest BCUT2D eigenvalue weighted by Crippen LogP contribution is -2.55. The van der Waals surface area contributed by atoms with Gasteiger partial charge in [-0.05, 0) is 75.1 Å². The molecule has 2 aliphatic carbocycles. The van der Waals surface area contributed by atoms with Gasteiger partial charge in [0.05, 0.1) is 32.1 Å². The van der Waals surface area contributed by atoms with Gasteiger partial charge in [-0.3, -0.25) is 4.79 Å². The van der Waals surface area contributed by atoms with Gasteiger partial charge in [0.25, 0.3) is 5.56 Å². The zero-order chi connectivity index (χ0) is 34.5. The molecule has 2 aromatic carbocycles. The van der Waals surface area contributed by atoms with Gasteiger partial charge in [-0.2, -0.15) is 5.10 Å².